The van der Waals surface area contributed by atoms with Crippen molar-refractivity contribution in [2.45, 2.75) is 31.9 Å². The van der Waals surface area contributed by atoms with E-state index in [9.17, 15) is 4.39 Å². The van der Waals surface area contributed by atoms with E-state index in [0.29, 0.717) is 12.0 Å². The summed E-state index contributed by atoms with van der Waals surface area (Å²) in [6, 6.07) is 6.70. The second-order valence-electron chi connectivity index (χ2n) is 6.46. The van der Waals surface area contributed by atoms with Crippen molar-refractivity contribution < 1.29 is 13.9 Å². The van der Waals surface area contributed by atoms with Crippen LogP contribution in [-0.2, 0) is 16.0 Å². The van der Waals surface area contributed by atoms with Crippen LogP contribution in [0.15, 0.2) is 18.2 Å². The van der Waals surface area contributed by atoms with Gasteiger partial charge in [0.15, 0.2) is 0 Å². The van der Waals surface area contributed by atoms with Gasteiger partial charge in [-0.15, -0.1) is 0 Å². The molecule has 1 unspecified atom stereocenters. The summed E-state index contributed by atoms with van der Waals surface area (Å²) < 4.78 is 24.7. The van der Waals surface area contributed by atoms with Gasteiger partial charge < -0.3 is 9.47 Å². The first-order valence-electron chi connectivity index (χ1n) is 8.35. The molecule has 1 atom stereocenters. The summed E-state index contributed by atoms with van der Waals surface area (Å²) in [5, 5.41) is 8.90. The summed E-state index contributed by atoms with van der Waals surface area (Å²) in [5.74, 6) is 0.121. The van der Waals surface area contributed by atoms with Crippen LogP contribution in [0.2, 0.25) is 0 Å². The summed E-state index contributed by atoms with van der Waals surface area (Å²) in [6.45, 7) is 5.24. The van der Waals surface area contributed by atoms with Crippen molar-refractivity contribution in [2.75, 3.05) is 32.9 Å². The SMILES string of the molecule is N#Cc1cc(CN2CCC(OCC3CCOC3)CC2)ccc1F. The standard InChI is InChI=1S/C18H23FN2O2/c19-18-2-1-14(9-16(18)10-20)11-21-6-3-17(4-7-21)23-13-15-5-8-22-12-15/h1-2,9,15,17H,3-8,11-13H2. The van der Waals surface area contributed by atoms with Gasteiger partial charge in [-0.3, -0.25) is 4.90 Å². The highest BCUT2D eigenvalue weighted by Crippen LogP contribution is 2.20. The molecule has 0 radical (unpaired) electrons. The lowest BCUT2D eigenvalue weighted by Crippen LogP contribution is -2.37. The smallest absolute Gasteiger partial charge is 0.140 e. The van der Waals surface area contributed by atoms with Crippen molar-refractivity contribution in [1.29, 1.82) is 5.26 Å². The molecule has 23 heavy (non-hydrogen) atoms. The molecule has 0 N–H and O–H groups in total. The number of piperidine rings is 1. The number of ether oxygens (including phenoxy) is 2. The maximum atomic E-state index is 13.4. The van der Waals surface area contributed by atoms with Crippen LogP contribution in [0.3, 0.4) is 0 Å². The lowest BCUT2D eigenvalue weighted by Gasteiger charge is -2.32. The van der Waals surface area contributed by atoms with Gasteiger partial charge in [0, 0.05) is 32.2 Å². The summed E-state index contributed by atoms with van der Waals surface area (Å²) in [5.41, 5.74) is 1.12. The Labute approximate surface area is 136 Å². The first-order chi connectivity index (χ1) is 11.2. The highest BCUT2D eigenvalue weighted by Gasteiger charge is 2.22. The van der Waals surface area contributed by atoms with E-state index in [1.807, 2.05) is 6.07 Å². The van der Waals surface area contributed by atoms with E-state index < -0.39 is 5.82 Å². The van der Waals surface area contributed by atoms with Gasteiger partial charge in [0.25, 0.3) is 0 Å². The quantitative estimate of drug-likeness (QED) is 0.837. The Kier molecular flexibility index (Phi) is 5.60. The van der Waals surface area contributed by atoms with Crippen molar-refractivity contribution in [3.8, 4) is 6.07 Å². The minimum atomic E-state index is -0.445. The molecular weight excluding hydrogens is 295 g/mol. The van der Waals surface area contributed by atoms with Gasteiger partial charge in [0.2, 0.25) is 0 Å². The second kappa shape index (κ2) is 7.87. The van der Waals surface area contributed by atoms with Crippen LogP contribution >= 0.6 is 0 Å². The molecule has 2 saturated heterocycles. The zero-order valence-corrected chi connectivity index (χ0v) is 13.3. The average molecular weight is 318 g/mol. The van der Waals surface area contributed by atoms with Crippen molar-refractivity contribution >= 4 is 0 Å². The van der Waals surface area contributed by atoms with Crippen LogP contribution in [0, 0.1) is 23.1 Å². The molecule has 3 rings (SSSR count). The zero-order chi connectivity index (χ0) is 16.1. The Morgan fingerprint density at radius 3 is 2.83 bits per heavy atom. The number of halogens is 1. The molecule has 1 aromatic rings. The fourth-order valence-corrected chi connectivity index (χ4v) is 3.24. The van der Waals surface area contributed by atoms with Crippen LogP contribution in [0.1, 0.15) is 30.4 Å². The van der Waals surface area contributed by atoms with E-state index in [-0.39, 0.29) is 5.56 Å². The van der Waals surface area contributed by atoms with E-state index in [0.717, 1.165) is 64.3 Å². The maximum absolute atomic E-state index is 13.4. The molecule has 1 aromatic carbocycles. The van der Waals surface area contributed by atoms with E-state index >= 15 is 0 Å². The van der Waals surface area contributed by atoms with Gasteiger partial charge in [-0.05, 0) is 37.0 Å². The second-order valence-corrected chi connectivity index (χ2v) is 6.46. The molecular formula is C18H23FN2O2. The number of nitrogens with zero attached hydrogens (tertiary/aromatic N) is 2. The number of hydrogen-bond donors (Lipinski definition) is 0. The topological polar surface area (TPSA) is 45.5 Å². The Bertz CT molecular complexity index is 559. The molecule has 124 valence electrons. The van der Waals surface area contributed by atoms with Gasteiger partial charge in [-0.25, -0.2) is 4.39 Å². The lowest BCUT2D eigenvalue weighted by molar-refractivity contribution is -0.0116. The fourth-order valence-electron chi connectivity index (χ4n) is 3.24. The fraction of sp³-hybridized carbons (Fsp3) is 0.611. The van der Waals surface area contributed by atoms with Gasteiger partial charge in [-0.2, -0.15) is 5.26 Å². The van der Waals surface area contributed by atoms with Gasteiger partial charge in [-0.1, -0.05) is 6.07 Å². The summed E-state index contributed by atoms with van der Waals surface area (Å²) in [6.07, 6.45) is 3.51. The largest absolute Gasteiger partial charge is 0.381 e. The van der Waals surface area contributed by atoms with Crippen molar-refractivity contribution in [3.05, 3.63) is 35.1 Å². The average Bonchev–Trinajstić information content (AvgIpc) is 3.09. The number of hydrogen-bond acceptors (Lipinski definition) is 4. The van der Waals surface area contributed by atoms with Crippen molar-refractivity contribution in [2.24, 2.45) is 5.92 Å². The first-order valence-corrected chi connectivity index (χ1v) is 8.35. The third-order valence-corrected chi connectivity index (χ3v) is 4.68. The summed E-state index contributed by atoms with van der Waals surface area (Å²) in [4.78, 5) is 2.34. The van der Waals surface area contributed by atoms with Crippen molar-refractivity contribution in [1.82, 2.24) is 4.90 Å². The normalized spacial score (nSPS) is 23.0. The van der Waals surface area contributed by atoms with E-state index in [1.54, 1.807) is 12.1 Å². The number of nitriles is 1. The van der Waals surface area contributed by atoms with Crippen LogP contribution in [0.4, 0.5) is 4.39 Å². The van der Waals surface area contributed by atoms with Crippen molar-refractivity contribution in [3.63, 3.8) is 0 Å². The molecule has 2 fully saturated rings. The molecule has 2 heterocycles. The number of likely N-dealkylation sites (tertiary alicyclic amines) is 1. The van der Waals surface area contributed by atoms with Gasteiger partial charge in [0.05, 0.1) is 24.9 Å². The van der Waals surface area contributed by atoms with E-state index in [2.05, 4.69) is 4.90 Å². The highest BCUT2D eigenvalue weighted by molar-refractivity contribution is 5.34. The monoisotopic (exact) mass is 318 g/mol. The molecule has 5 heteroatoms. The lowest BCUT2D eigenvalue weighted by atomic mass is 10.1. The van der Waals surface area contributed by atoms with Crippen LogP contribution < -0.4 is 0 Å². The van der Waals surface area contributed by atoms with E-state index in [4.69, 9.17) is 14.7 Å². The maximum Gasteiger partial charge on any atom is 0.140 e. The van der Waals surface area contributed by atoms with Gasteiger partial charge in [0.1, 0.15) is 11.9 Å². The van der Waals surface area contributed by atoms with Crippen LogP contribution in [0.25, 0.3) is 0 Å². The molecule has 2 aliphatic rings. The molecule has 4 nitrogen and oxygen atoms in total. The predicted octanol–water partition coefficient (Wildman–Crippen LogP) is 2.71. The first kappa shape index (κ1) is 16.4. The third kappa shape index (κ3) is 4.51. The molecule has 2 aliphatic heterocycles. The summed E-state index contributed by atoms with van der Waals surface area (Å²) in [7, 11) is 0. The van der Waals surface area contributed by atoms with Crippen LogP contribution in [0.5, 0.6) is 0 Å². The number of rotatable bonds is 5. The third-order valence-electron chi connectivity index (χ3n) is 4.68. The van der Waals surface area contributed by atoms with Crippen LogP contribution in [-0.4, -0.2) is 43.9 Å². The molecule has 0 aromatic heterocycles. The summed E-state index contributed by atoms with van der Waals surface area (Å²) >= 11 is 0. The molecule has 0 bridgehead atoms. The Morgan fingerprint density at radius 1 is 1.30 bits per heavy atom. The Morgan fingerprint density at radius 2 is 2.13 bits per heavy atom. The molecule has 0 aliphatic carbocycles. The zero-order valence-electron chi connectivity index (χ0n) is 13.3. The minimum Gasteiger partial charge on any atom is -0.381 e. The van der Waals surface area contributed by atoms with Gasteiger partial charge >= 0.3 is 0 Å². The molecule has 0 amide bonds. The number of benzene rings is 1. The predicted molar refractivity (Wildman–Crippen MR) is 84.3 cm³/mol. The van der Waals surface area contributed by atoms with E-state index in [1.165, 1.54) is 6.07 Å². The minimum absolute atomic E-state index is 0.125. The Balaban J connectivity index is 1.43. The molecule has 0 saturated carbocycles. The highest BCUT2D eigenvalue weighted by atomic mass is 19.1. The Hall–Kier alpha value is -1.48. The molecule has 0 spiro atoms.